The maximum absolute atomic E-state index is 11.2. The van der Waals surface area contributed by atoms with E-state index in [1.807, 2.05) is 0 Å². The second kappa shape index (κ2) is 4.50. The third kappa shape index (κ3) is 2.21. The normalized spacial score (nSPS) is 9.38. The minimum absolute atomic E-state index is 0.286. The molecule has 0 bridgehead atoms. The van der Waals surface area contributed by atoms with Crippen LogP contribution in [-0.4, -0.2) is 19.7 Å². The Morgan fingerprint density at radius 3 is 2.77 bits per heavy atom. The summed E-state index contributed by atoms with van der Waals surface area (Å²) >= 11 is 0. The summed E-state index contributed by atoms with van der Waals surface area (Å²) in [7, 11) is 1.34. The fraction of sp³-hybridized carbons (Fsp3) is 0.200. The van der Waals surface area contributed by atoms with Crippen LogP contribution in [0.2, 0.25) is 0 Å². The molecule has 0 aliphatic rings. The topological polar surface area (TPSA) is 35.5 Å². The molecule has 0 saturated heterocycles. The molecular formula is C10H11O3. The third-order valence-electron chi connectivity index (χ3n) is 1.55. The van der Waals surface area contributed by atoms with E-state index in [0.29, 0.717) is 11.3 Å². The maximum atomic E-state index is 11.2. The Labute approximate surface area is 77.3 Å². The number of hydrogen-bond acceptors (Lipinski definition) is 3. The van der Waals surface area contributed by atoms with E-state index >= 15 is 0 Å². The van der Waals surface area contributed by atoms with Crippen molar-refractivity contribution in [3.05, 3.63) is 36.8 Å². The maximum Gasteiger partial charge on any atom is 0.341 e. The van der Waals surface area contributed by atoms with Crippen LogP contribution in [0.3, 0.4) is 0 Å². The molecule has 0 unspecified atom stereocenters. The largest absolute Gasteiger partial charge is 0.493 e. The van der Waals surface area contributed by atoms with Gasteiger partial charge >= 0.3 is 5.97 Å². The molecule has 0 spiro atoms. The second-order valence-electron chi connectivity index (χ2n) is 2.34. The lowest BCUT2D eigenvalue weighted by atomic mass is 10.2. The first-order valence-electron chi connectivity index (χ1n) is 3.89. The zero-order valence-corrected chi connectivity index (χ0v) is 7.45. The Morgan fingerprint density at radius 1 is 1.46 bits per heavy atom. The molecule has 0 saturated carbocycles. The molecule has 0 aliphatic carbocycles. The first kappa shape index (κ1) is 9.58. The molecule has 0 amide bonds. The van der Waals surface area contributed by atoms with Crippen LogP contribution in [0.4, 0.5) is 0 Å². The summed E-state index contributed by atoms with van der Waals surface area (Å²) in [6.07, 6.45) is 0. The fourth-order valence-electron chi connectivity index (χ4n) is 0.981. The van der Waals surface area contributed by atoms with E-state index < -0.39 is 5.97 Å². The van der Waals surface area contributed by atoms with Crippen LogP contribution in [0, 0.1) is 6.92 Å². The van der Waals surface area contributed by atoms with E-state index in [1.54, 1.807) is 24.3 Å². The van der Waals surface area contributed by atoms with Gasteiger partial charge in [0.15, 0.2) is 0 Å². The van der Waals surface area contributed by atoms with Crippen LogP contribution < -0.4 is 4.74 Å². The van der Waals surface area contributed by atoms with Gasteiger partial charge < -0.3 is 9.47 Å². The number of esters is 1. The number of benzene rings is 1. The van der Waals surface area contributed by atoms with Crippen molar-refractivity contribution < 1.29 is 14.3 Å². The van der Waals surface area contributed by atoms with Gasteiger partial charge in [-0.2, -0.15) is 0 Å². The third-order valence-corrected chi connectivity index (χ3v) is 1.55. The van der Waals surface area contributed by atoms with Crippen molar-refractivity contribution in [1.29, 1.82) is 0 Å². The number of methoxy groups -OCH3 is 1. The summed E-state index contributed by atoms with van der Waals surface area (Å²) in [6.45, 7) is 3.82. The Bertz CT molecular complexity index is 294. The van der Waals surface area contributed by atoms with Gasteiger partial charge in [0.25, 0.3) is 0 Å². The van der Waals surface area contributed by atoms with E-state index in [1.165, 1.54) is 7.11 Å². The van der Waals surface area contributed by atoms with Gasteiger partial charge in [0.05, 0.1) is 13.7 Å². The van der Waals surface area contributed by atoms with Gasteiger partial charge in [-0.1, -0.05) is 12.1 Å². The second-order valence-corrected chi connectivity index (χ2v) is 2.34. The highest BCUT2D eigenvalue weighted by atomic mass is 16.5. The number of carbonyl (C=O) groups is 1. The molecule has 0 fully saturated rings. The van der Waals surface area contributed by atoms with Gasteiger partial charge in [-0.3, -0.25) is 0 Å². The van der Waals surface area contributed by atoms with Crippen molar-refractivity contribution in [2.24, 2.45) is 0 Å². The molecular weight excluding hydrogens is 168 g/mol. The van der Waals surface area contributed by atoms with Gasteiger partial charge in [-0.15, -0.1) is 0 Å². The molecule has 3 heteroatoms. The smallest absolute Gasteiger partial charge is 0.341 e. The van der Waals surface area contributed by atoms with Crippen LogP contribution in [0.25, 0.3) is 0 Å². The minimum Gasteiger partial charge on any atom is -0.493 e. The van der Waals surface area contributed by atoms with Gasteiger partial charge in [-0.05, 0) is 19.1 Å². The molecule has 1 radical (unpaired) electrons. The monoisotopic (exact) mass is 179 g/mol. The zero-order chi connectivity index (χ0) is 9.68. The first-order chi connectivity index (χ1) is 6.29. The number of rotatable bonds is 3. The summed E-state index contributed by atoms with van der Waals surface area (Å²) < 4.78 is 9.73. The SMILES string of the molecule is [CH2]COc1ccccc1C(=O)OC. The average molecular weight is 179 g/mol. The summed E-state index contributed by atoms with van der Waals surface area (Å²) in [5, 5.41) is 0. The fourth-order valence-corrected chi connectivity index (χ4v) is 0.981. The number of carbonyl (C=O) groups excluding carboxylic acids is 1. The summed E-state index contributed by atoms with van der Waals surface area (Å²) in [5.41, 5.74) is 0.425. The lowest BCUT2D eigenvalue weighted by molar-refractivity contribution is 0.0596. The molecule has 0 atom stereocenters. The van der Waals surface area contributed by atoms with Gasteiger partial charge in [-0.25, -0.2) is 4.79 Å². The van der Waals surface area contributed by atoms with E-state index in [9.17, 15) is 4.79 Å². The predicted octanol–water partition coefficient (Wildman–Crippen LogP) is 1.69. The zero-order valence-electron chi connectivity index (χ0n) is 7.45. The standard InChI is InChI=1S/C10H11O3/c1-3-13-9-7-5-4-6-8(9)10(11)12-2/h4-7H,1,3H2,2H3. The molecule has 0 N–H and O–H groups in total. The highest BCUT2D eigenvalue weighted by Crippen LogP contribution is 2.18. The predicted molar refractivity (Wildman–Crippen MR) is 48.6 cm³/mol. The van der Waals surface area contributed by atoms with Crippen molar-refractivity contribution in [3.8, 4) is 5.75 Å². The van der Waals surface area contributed by atoms with Crippen molar-refractivity contribution in [2.45, 2.75) is 0 Å². The lowest BCUT2D eigenvalue weighted by Crippen LogP contribution is -2.05. The first-order valence-corrected chi connectivity index (χ1v) is 3.89. The Hall–Kier alpha value is -1.51. The summed E-state index contributed by atoms with van der Waals surface area (Å²) in [5.74, 6) is 0.105. The molecule has 1 aromatic carbocycles. The molecule has 1 aromatic rings. The Morgan fingerprint density at radius 2 is 2.15 bits per heavy atom. The Balaban J connectivity index is 2.97. The van der Waals surface area contributed by atoms with E-state index in [2.05, 4.69) is 11.7 Å². The molecule has 69 valence electrons. The van der Waals surface area contributed by atoms with Crippen LogP contribution in [0.1, 0.15) is 10.4 Å². The number of hydrogen-bond donors (Lipinski definition) is 0. The average Bonchev–Trinajstić information content (AvgIpc) is 2.18. The molecule has 13 heavy (non-hydrogen) atoms. The van der Waals surface area contributed by atoms with Crippen LogP contribution in [0.5, 0.6) is 5.75 Å². The minimum atomic E-state index is -0.399. The van der Waals surface area contributed by atoms with Gasteiger partial charge in [0.2, 0.25) is 0 Å². The highest BCUT2D eigenvalue weighted by molar-refractivity contribution is 5.92. The quantitative estimate of drug-likeness (QED) is 0.662. The molecule has 3 nitrogen and oxygen atoms in total. The van der Waals surface area contributed by atoms with Gasteiger partial charge in [0, 0.05) is 0 Å². The van der Waals surface area contributed by atoms with Crippen molar-refractivity contribution in [1.82, 2.24) is 0 Å². The van der Waals surface area contributed by atoms with Gasteiger partial charge in [0.1, 0.15) is 11.3 Å². The summed E-state index contributed by atoms with van der Waals surface area (Å²) in [6, 6.07) is 6.90. The molecule has 0 aromatic heterocycles. The van der Waals surface area contributed by atoms with Crippen LogP contribution >= 0.6 is 0 Å². The van der Waals surface area contributed by atoms with E-state index in [0.717, 1.165) is 0 Å². The van der Waals surface area contributed by atoms with Crippen LogP contribution in [-0.2, 0) is 4.74 Å². The lowest BCUT2D eigenvalue weighted by Gasteiger charge is -2.07. The number of ether oxygens (including phenoxy) is 2. The Kier molecular flexibility index (Phi) is 3.31. The van der Waals surface area contributed by atoms with E-state index in [-0.39, 0.29) is 6.61 Å². The molecule has 0 aliphatic heterocycles. The van der Waals surface area contributed by atoms with E-state index in [4.69, 9.17) is 4.74 Å². The van der Waals surface area contributed by atoms with Crippen molar-refractivity contribution in [2.75, 3.05) is 13.7 Å². The van der Waals surface area contributed by atoms with Crippen LogP contribution in [0.15, 0.2) is 24.3 Å². The van der Waals surface area contributed by atoms with Crippen molar-refractivity contribution >= 4 is 5.97 Å². The molecule has 0 heterocycles. The molecule has 1 rings (SSSR count). The highest BCUT2D eigenvalue weighted by Gasteiger charge is 2.10. The number of para-hydroxylation sites is 1. The van der Waals surface area contributed by atoms with Crippen molar-refractivity contribution in [3.63, 3.8) is 0 Å². The summed E-state index contributed by atoms with van der Waals surface area (Å²) in [4.78, 5) is 11.2.